The van der Waals surface area contributed by atoms with Gasteiger partial charge in [0, 0.05) is 76.7 Å². The first-order valence-electron chi connectivity index (χ1n) is 29.3. The largest absolute Gasteiger partial charge is 0.396 e. The number of hydrogen-bond acceptors (Lipinski definition) is 10. The Bertz CT molecular complexity index is 4390. The molecule has 0 unspecified atom stereocenters. The summed E-state index contributed by atoms with van der Waals surface area (Å²) >= 11 is 37.3. The van der Waals surface area contributed by atoms with Crippen LogP contribution in [0.1, 0.15) is 73.4 Å². The van der Waals surface area contributed by atoms with Crippen LogP contribution in [-0.4, -0.2) is 41.6 Å². The number of benzene rings is 9. The molecule has 3 aromatic heterocycles. The molecule has 12 aromatic rings. The predicted octanol–water partition coefficient (Wildman–Crippen LogP) is 20.2. The van der Waals surface area contributed by atoms with Crippen LogP contribution in [0.5, 0.6) is 0 Å². The van der Waals surface area contributed by atoms with Gasteiger partial charge in [-0.3, -0.25) is 0 Å². The average molecular weight is 1300 g/mol. The molecule has 444 valence electrons. The zero-order valence-electron chi connectivity index (χ0n) is 48.1. The summed E-state index contributed by atoms with van der Waals surface area (Å²) in [5, 5.41) is 22.4. The van der Waals surface area contributed by atoms with E-state index in [0.717, 1.165) is 109 Å². The molecule has 0 aliphatic heterocycles. The molecule has 16 heteroatoms. The first-order chi connectivity index (χ1) is 44.0. The zero-order chi connectivity index (χ0) is 61.7. The molecule has 0 bridgehead atoms. The molecule has 0 fully saturated rings. The van der Waals surface area contributed by atoms with Crippen LogP contribution in [0.25, 0.3) is 33.8 Å². The molecule has 0 amide bonds. The van der Waals surface area contributed by atoms with Crippen LogP contribution in [0.3, 0.4) is 0 Å². The lowest BCUT2D eigenvalue weighted by molar-refractivity contribution is 0.299. The third-order valence-corrected chi connectivity index (χ3v) is 18.6. The molecule has 90 heavy (non-hydrogen) atoms. The maximum atomic E-state index is 9.09. The minimum atomic E-state index is 0.142. The van der Waals surface area contributed by atoms with E-state index in [1.54, 1.807) is 0 Å². The lowest BCUT2D eigenvalue weighted by Crippen LogP contribution is -2.15. The summed E-state index contributed by atoms with van der Waals surface area (Å²) in [6, 6.07) is 70.6. The van der Waals surface area contributed by atoms with Crippen molar-refractivity contribution < 1.29 is 5.11 Å². The van der Waals surface area contributed by atoms with Gasteiger partial charge in [0.05, 0.1) is 47.2 Å². The normalized spacial score (nSPS) is 14.7. The van der Waals surface area contributed by atoms with Crippen molar-refractivity contribution >= 4 is 105 Å². The highest BCUT2D eigenvalue weighted by atomic mass is 35.5. The van der Waals surface area contributed by atoms with Gasteiger partial charge >= 0.3 is 0 Å². The molecule has 3 atom stereocenters. The van der Waals surface area contributed by atoms with Crippen LogP contribution >= 0.6 is 69.6 Å². The Kier molecular flexibility index (Phi) is 18.2. The second-order valence-electron chi connectivity index (χ2n) is 22.0. The third-order valence-electron chi connectivity index (χ3n) is 16.3. The van der Waals surface area contributed by atoms with Gasteiger partial charge in [0.2, 0.25) is 17.8 Å². The summed E-state index contributed by atoms with van der Waals surface area (Å²) in [5.41, 5.74) is 20.6. The van der Waals surface area contributed by atoms with E-state index >= 15 is 0 Å². The number of fused-ring (bicyclic) bond motifs is 9. The topological polar surface area (TPSA) is 134 Å². The zero-order valence-corrected chi connectivity index (χ0v) is 52.6. The number of rotatable bonds is 11. The highest BCUT2D eigenvalue weighted by Crippen LogP contribution is 2.46. The summed E-state index contributed by atoms with van der Waals surface area (Å²) in [7, 11) is 0. The number of para-hydroxylation sites is 2. The quantitative estimate of drug-likeness (QED) is 0.0992. The molecule has 3 heterocycles. The third kappa shape index (κ3) is 13.3. The Morgan fingerprint density at radius 3 is 0.978 bits per heavy atom. The van der Waals surface area contributed by atoms with Gasteiger partial charge < -0.3 is 21.1 Å². The molecular formula is C74H55Cl6N9O. The second-order valence-corrected chi connectivity index (χ2v) is 24.5. The van der Waals surface area contributed by atoms with Crippen LogP contribution in [0, 0.1) is 0 Å². The van der Waals surface area contributed by atoms with Gasteiger partial charge in [0.1, 0.15) is 0 Å². The maximum absolute atomic E-state index is 9.09. The van der Waals surface area contributed by atoms with E-state index in [0.29, 0.717) is 54.4 Å². The molecule has 9 aromatic carbocycles. The fraction of sp³-hybridized carbons (Fsp3) is 0.108. The second kappa shape index (κ2) is 27.2. The van der Waals surface area contributed by atoms with Gasteiger partial charge in [-0.05, 0) is 154 Å². The van der Waals surface area contributed by atoms with Crippen molar-refractivity contribution in [3.63, 3.8) is 0 Å². The highest BCUT2D eigenvalue weighted by Gasteiger charge is 2.31. The number of nitrogens with zero attached hydrogens (tertiary/aromatic N) is 6. The summed E-state index contributed by atoms with van der Waals surface area (Å²) < 4.78 is 0. The van der Waals surface area contributed by atoms with Crippen LogP contribution in [0.15, 0.2) is 231 Å². The van der Waals surface area contributed by atoms with E-state index < -0.39 is 0 Å². The van der Waals surface area contributed by atoms with Crippen LogP contribution in [0.2, 0.25) is 30.1 Å². The Balaban J connectivity index is 0.000000124. The Morgan fingerprint density at radius 2 is 0.656 bits per heavy atom. The number of halogens is 6. The van der Waals surface area contributed by atoms with E-state index in [1.165, 1.54) is 16.7 Å². The standard InChI is InChI=1S/C26H21Cl2N3O.2C24H17Cl2N3/c27-23-10-7-17(14-24(23)28)22-13-18-15-29-26(30-19-8-5-16(6-9-19)11-12-32)31-25(18)21-4-2-1-3-20(21)22;2*25-21-11-10-15(13-22(21)26)20-12-16-14-27-24(28-17-6-2-1-3-7-17)29-23(16)19-9-5-4-8-18(19)20/h1-10,14-15,22,32H,11-13H2,(H,29,30,31);2*1-11,13-14,20H,12H2,(H,27,28,29)/t22-;2*20-/m110/s1. The Labute approximate surface area is 552 Å². The Hall–Kier alpha value is -8.68. The van der Waals surface area contributed by atoms with Gasteiger partial charge in [0.15, 0.2) is 0 Å². The fourth-order valence-electron chi connectivity index (χ4n) is 12.0. The molecule has 3 aliphatic carbocycles. The number of aromatic nitrogens is 6. The minimum Gasteiger partial charge on any atom is -0.396 e. The van der Waals surface area contributed by atoms with Crippen molar-refractivity contribution in [2.75, 3.05) is 22.6 Å². The molecule has 0 saturated heterocycles. The first kappa shape index (κ1) is 60.2. The molecule has 3 aliphatic rings. The minimum absolute atomic E-state index is 0.142. The molecular weight excluding hydrogens is 1240 g/mol. The van der Waals surface area contributed by atoms with E-state index in [2.05, 4.69) is 85.5 Å². The lowest BCUT2D eigenvalue weighted by Gasteiger charge is -2.27. The van der Waals surface area contributed by atoms with Gasteiger partial charge in [0.25, 0.3) is 0 Å². The predicted molar refractivity (Wildman–Crippen MR) is 368 cm³/mol. The number of anilines is 6. The Morgan fingerprint density at radius 1 is 0.344 bits per heavy atom. The highest BCUT2D eigenvalue weighted by molar-refractivity contribution is 6.43. The fourth-order valence-corrected chi connectivity index (χ4v) is 12.9. The van der Waals surface area contributed by atoms with Gasteiger partial charge in [-0.15, -0.1) is 0 Å². The van der Waals surface area contributed by atoms with Crippen molar-refractivity contribution in [1.82, 2.24) is 29.9 Å². The van der Waals surface area contributed by atoms with Gasteiger partial charge in [-0.2, -0.15) is 0 Å². The van der Waals surface area contributed by atoms with Crippen molar-refractivity contribution in [2.45, 2.75) is 43.4 Å². The van der Waals surface area contributed by atoms with Crippen LogP contribution in [0.4, 0.5) is 34.9 Å². The molecule has 10 nitrogen and oxygen atoms in total. The van der Waals surface area contributed by atoms with Gasteiger partial charge in [-0.25, -0.2) is 29.9 Å². The van der Waals surface area contributed by atoms with Crippen molar-refractivity contribution in [1.29, 1.82) is 0 Å². The summed E-state index contributed by atoms with van der Waals surface area (Å²) in [6.45, 7) is 0.142. The SMILES string of the molecule is Clc1ccc([C@@H]2Cc3cnc(Nc4ccccc4)nc3-c3ccccc32)cc1Cl.Clc1ccc([C@H]2Cc3cnc(Nc4ccccc4)nc3-c3ccccc32)cc1Cl.OCCc1ccc(Nc2ncc3c(n2)-c2ccccc2[C@@H](c2ccc(Cl)c(Cl)c2)C3)cc1. The number of aliphatic hydroxyl groups excluding tert-OH is 1. The molecule has 0 radical (unpaired) electrons. The molecule has 0 spiro atoms. The van der Waals surface area contributed by atoms with Crippen molar-refractivity contribution in [3.05, 3.63) is 317 Å². The van der Waals surface area contributed by atoms with E-state index in [9.17, 15) is 0 Å². The van der Waals surface area contributed by atoms with Crippen molar-refractivity contribution in [2.24, 2.45) is 0 Å². The summed E-state index contributed by atoms with van der Waals surface area (Å²) in [5.74, 6) is 2.28. The average Bonchev–Trinajstić information content (AvgIpc) is 0.816. The lowest BCUT2D eigenvalue weighted by atomic mass is 9.78. The number of hydrogen-bond donors (Lipinski definition) is 4. The summed E-state index contributed by atoms with van der Waals surface area (Å²) in [6.07, 6.45) is 8.83. The summed E-state index contributed by atoms with van der Waals surface area (Å²) in [4.78, 5) is 28.2. The molecule has 0 saturated carbocycles. The van der Waals surface area contributed by atoms with E-state index in [1.807, 2.05) is 176 Å². The molecule has 4 N–H and O–H groups in total. The first-order valence-corrected chi connectivity index (χ1v) is 31.6. The number of nitrogens with one attached hydrogen (secondary N) is 3. The van der Waals surface area contributed by atoms with E-state index in [-0.39, 0.29) is 24.4 Å². The van der Waals surface area contributed by atoms with Gasteiger partial charge in [-0.1, -0.05) is 209 Å². The van der Waals surface area contributed by atoms with E-state index in [4.69, 9.17) is 89.7 Å². The monoisotopic (exact) mass is 1300 g/mol. The maximum Gasteiger partial charge on any atom is 0.227 e. The van der Waals surface area contributed by atoms with Crippen LogP contribution < -0.4 is 16.0 Å². The molecule has 15 rings (SSSR count). The van der Waals surface area contributed by atoms with Crippen molar-refractivity contribution in [3.8, 4) is 33.8 Å². The number of aliphatic hydroxyl groups is 1. The van der Waals surface area contributed by atoms with Crippen LogP contribution in [-0.2, 0) is 25.7 Å². The smallest absolute Gasteiger partial charge is 0.227 e.